The van der Waals surface area contributed by atoms with Crippen molar-refractivity contribution in [1.29, 1.82) is 0 Å². The Bertz CT molecular complexity index is 1610. The number of amides is 1. The summed E-state index contributed by atoms with van der Waals surface area (Å²) in [7, 11) is 0. The fourth-order valence-electron chi connectivity index (χ4n) is 3.64. The molecule has 9 heteroatoms. The fraction of sp³-hybridized carbons (Fsp3) is 0.0400. The zero-order valence-corrected chi connectivity index (χ0v) is 17.8. The van der Waals surface area contributed by atoms with Crippen LogP contribution in [0.4, 0.5) is 8.78 Å². The normalized spacial score (nSPS) is 11.0. The number of hydrogen-bond acceptors (Lipinski definition) is 4. The first-order valence-electron chi connectivity index (χ1n) is 10.3. The van der Waals surface area contributed by atoms with Gasteiger partial charge in [-0.3, -0.25) is 20.1 Å². The van der Waals surface area contributed by atoms with Crippen molar-refractivity contribution in [1.82, 2.24) is 19.9 Å². The van der Waals surface area contributed by atoms with Crippen LogP contribution in [0.2, 0.25) is 0 Å². The van der Waals surface area contributed by atoms with Crippen LogP contribution >= 0.6 is 0 Å². The lowest BCUT2D eigenvalue weighted by Gasteiger charge is -2.14. The first-order valence-corrected chi connectivity index (χ1v) is 10.3. The van der Waals surface area contributed by atoms with Crippen molar-refractivity contribution >= 4 is 16.9 Å². The molecule has 0 saturated heterocycles. The third kappa shape index (κ3) is 3.83. The Hall–Kier alpha value is -4.66. The molecule has 0 radical (unpaired) electrons. The second-order valence-electron chi connectivity index (χ2n) is 7.70. The summed E-state index contributed by atoms with van der Waals surface area (Å²) in [5.41, 5.74) is 4.52. The Morgan fingerprint density at radius 3 is 2.44 bits per heavy atom. The highest BCUT2D eigenvalue weighted by Gasteiger charge is 2.21. The SMILES string of the molecule is Cc1cccc(C(=O)Nn2c(-c3cccc(F)c3)nc3c(-c4ccc(F)cc4)n[nH]c3c2=O)c1. The molecule has 0 atom stereocenters. The molecule has 0 spiro atoms. The summed E-state index contributed by atoms with van der Waals surface area (Å²) in [4.78, 5) is 30.9. The number of carbonyl (C=O) groups is 1. The molecule has 0 aliphatic heterocycles. The van der Waals surface area contributed by atoms with Gasteiger partial charge in [0, 0.05) is 16.7 Å². The van der Waals surface area contributed by atoms with E-state index < -0.39 is 23.1 Å². The molecule has 0 aliphatic rings. The number of rotatable bonds is 4. The van der Waals surface area contributed by atoms with Crippen LogP contribution in [0.5, 0.6) is 0 Å². The molecule has 5 aromatic rings. The zero-order valence-electron chi connectivity index (χ0n) is 17.8. The standard InChI is InChI=1S/C25H17F2N5O2/c1-14-4-2-6-17(12-14)24(33)31-32-23(16-5-3-7-19(27)13-16)28-21-20(29-30-22(21)25(32)34)15-8-10-18(26)11-9-15/h2-13H,1H3,(H,29,30)(H,31,33). The molecule has 1 amide bonds. The topological polar surface area (TPSA) is 92.7 Å². The van der Waals surface area contributed by atoms with Gasteiger partial charge in [-0.15, -0.1) is 0 Å². The van der Waals surface area contributed by atoms with E-state index in [4.69, 9.17) is 0 Å². The summed E-state index contributed by atoms with van der Waals surface area (Å²) in [6, 6.07) is 18.0. The number of aromatic nitrogens is 4. The molecule has 2 heterocycles. The van der Waals surface area contributed by atoms with Crippen molar-refractivity contribution in [2.24, 2.45) is 0 Å². The van der Waals surface area contributed by atoms with Crippen LogP contribution in [-0.2, 0) is 0 Å². The predicted molar refractivity (Wildman–Crippen MR) is 124 cm³/mol. The van der Waals surface area contributed by atoms with E-state index in [1.54, 1.807) is 24.3 Å². The Morgan fingerprint density at radius 2 is 1.71 bits per heavy atom. The molecule has 0 saturated carbocycles. The van der Waals surface area contributed by atoms with Gasteiger partial charge in [0.1, 0.15) is 22.8 Å². The van der Waals surface area contributed by atoms with Crippen molar-refractivity contribution < 1.29 is 13.6 Å². The van der Waals surface area contributed by atoms with Crippen molar-refractivity contribution in [3.05, 3.63) is 106 Å². The van der Waals surface area contributed by atoms with Gasteiger partial charge >= 0.3 is 0 Å². The number of halogens is 2. The van der Waals surface area contributed by atoms with Crippen LogP contribution < -0.4 is 11.0 Å². The number of hydrogen-bond donors (Lipinski definition) is 2. The van der Waals surface area contributed by atoms with Gasteiger partial charge < -0.3 is 0 Å². The molecule has 34 heavy (non-hydrogen) atoms. The van der Waals surface area contributed by atoms with Gasteiger partial charge in [-0.05, 0) is 55.5 Å². The van der Waals surface area contributed by atoms with Gasteiger partial charge in [-0.1, -0.05) is 29.8 Å². The van der Waals surface area contributed by atoms with Gasteiger partial charge in [0.2, 0.25) is 0 Å². The van der Waals surface area contributed by atoms with Crippen molar-refractivity contribution in [3.63, 3.8) is 0 Å². The van der Waals surface area contributed by atoms with E-state index in [0.29, 0.717) is 16.8 Å². The summed E-state index contributed by atoms with van der Waals surface area (Å²) in [6.45, 7) is 1.84. The lowest BCUT2D eigenvalue weighted by molar-refractivity contribution is 0.101. The Kier molecular flexibility index (Phi) is 5.21. The quantitative estimate of drug-likeness (QED) is 0.418. The number of aromatic amines is 1. The Labute approximate surface area is 191 Å². The molecule has 5 rings (SSSR count). The zero-order chi connectivity index (χ0) is 23.8. The molecule has 0 aliphatic carbocycles. The average molecular weight is 457 g/mol. The second-order valence-corrected chi connectivity index (χ2v) is 7.70. The molecule has 0 bridgehead atoms. The fourth-order valence-corrected chi connectivity index (χ4v) is 3.64. The number of H-pyrrole nitrogens is 1. The average Bonchev–Trinajstić information content (AvgIpc) is 3.25. The smallest absolute Gasteiger partial charge is 0.270 e. The Morgan fingerprint density at radius 1 is 0.941 bits per heavy atom. The molecule has 0 unspecified atom stereocenters. The number of benzene rings is 3. The minimum Gasteiger partial charge on any atom is -0.270 e. The predicted octanol–water partition coefficient (Wildman–Crippen LogP) is 4.42. The minimum absolute atomic E-state index is 0.0164. The highest BCUT2D eigenvalue weighted by atomic mass is 19.1. The molecule has 2 N–H and O–H groups in total. The van der Waals surface area contributed by atoms with Crippen molar-refractivity contribution in [3.8, 4) is 22.6 Å². The van der Waals surface area contributed by atoms with E-state index >= 15 is 0 Å². The number of nitrogens with one attached hydrogen (secondary N) is 2. The second kappa shape index (κ2) is 8.36. The maximum absolute atomic E-state index is 14.0. The molecular weight excluding hydrogens is 440 g/mol. The third-order valence-corrected chi connectivity index (χ3v) is 5.28. The van der Waals surface area contributed by atoms with Crippen LogP contribution in [0.15, 0.2) is 77.6 Å². The number of carbonyl (C=O) groups excluding carboxylic acids is 1. The van der Waals surface area contributed by atoms with Crippen molar-refractivity contribution in [2.45, 2.75) is 6.92 Å². The third-order valence-electron chi connectivity index (χ3n) is 5.28. The largest absolute Gasteiger partial charge is 0.298 e. The van der Waals surface area contributed by atoms with E-state index in [9.17, 15) is 18.4 Å². The van der Waals surface area contributed by atoms with E-state index in [1.807, 2.05) is 13.0 Å². The van der Waals surface area contributed by atoms with Crippen LogP contribution in [0.25, 0.3) is 33.7 Å². The van der Waals surface area contributed by atoms with Crippen LogP contribution in [0.1, 0.15) is 15.9 Å². The van der Waals surface area contributed by atoms with E-state index in [0.717, 1.165) is 10.2 Å². The number of aryl methyl sites for hydroxylation is 1. The molecule has 168 valence electrons. The molecule has 2 aromatic heterocycles. The highest BCUT2D eigenvalue weighted by molar-refractivity contribution is 6.00. The molecule has 0 fully saturated rings. The monoisotopic (exact) mass is 457 g/mol. The number of fused-ring (bicyclic) bond motifs is 1. The van der Waals surface area contributed by atoms with Gasteiger partial charge in [-0.2, -0.15) is 9.77 Å². The van der Waals surface area contributed by atoms with Gasteiger partial charge in [0.25, 0.3) is 11.5 Å². The van der Waals surface area contributed by atoms with E-state index in [2.05, 4.69) is 20.6 Å². The summed E-state index contributed by atoms with van der Waals surface area (Å²) >= 11 is 0. The first-order chi connectivity index (χ1) is 16.4. The number of nitrogens with zero attached hydrogens (tertiary/aromatic N) is 3. The maximum Gasteiger partial charge on any atom is 0.298 e. The summed E-state index contributed by atoms with van der Waals surface area (Å²) in [6.07, 6.45) is 0. The van der Waals surface area contributed by atoms with Gasteiger partial charge in [0.15, 0.2) is 11.3 Å². The molecular formula is C25H17F2N5O2. The summed E-state index contributed by atoms with van der Waals surface area (Å²) in [5.74, 6) is -1.47. The lowest BCUT2D eigenvalue weighted by Crippen LogP contribution is -2.35. The van der Waals surface area contributed by atoms with Crippen LogP contribution in [0, 0.1) is 18.6 Å². The minimum atomic E-state index is -0.633. The highest BCUT2D eigenvalue weighted by Crippen LogP contribution is 2.26. The maximum atomic E-state index is 14.0. The molecule has 3 aromatic carbocycles. The molecule has 7 nitrogen and oxygen atoms in total. The van der Waals surface area contributed by atoms with Crippen LogP contribution in [-0.4, -0.2) is 25.8 Å². The van der Waals surface area contributed by atoms with Gasteiger partial charge in [0.05, 0.1) is 0 Å². The lowest BCUT2D eigenvalue weighted by atomic mass is 10.1. The summed E-state index contributed by atoms with van der Waals surface area (Å²) < 4.78 is 28.4. The first kappa shape index (κ1) is 21.2. The Balaban J connectivity index is 1.71. The van der Waals surface area contributed by atoms with Gasteiger partial charge in [-0.25, -0.2) is 13.8 Å². The van der Waals surface area contributed by atoms with Crippen molar-refractivity contribution in [2.75, 3.05) is 5.43 Å². The summed E-state index contributed by atoms with van der Waals surface area (Å²) in [5, 5.41) is 6.85. The van der Waals surface area contributed by atoms with E-state index in [-0.39, 0.29) is 22.4 Å². The van der Waals surface area contributed by atoms with E-state index in [1.165, 1.54) is 42.5 Å². The van der Waals surface area contributed by atoms with Crippen LogP contribution in [0.3, 0.4) is 0 Å².